The molecule has 2 heteroatoms. The first-order valence-corrected chi connectivity index (χ1v) is 8.14. The lowest BCUT2D eigenvalue weighted by molar-refractivity contribution is 0.634. The van der Waals surface area contributed by atoms with Gasteiger partial charge in [0.1, 0.15) is 0 Å². The molecule has 2 aromatic rings. The van der Waals surface area contributed by atoms with Gasteiger partial charge in [-0.25, -0.2) is 0 Å². The SMILES string of the molecule is Cc1cccc(C(Cc2ccccc2)NC2=NCCC2)c1C. The summed E-state index contributed by atoms with van der Waals surface area (Å²) in [4.78, 5) is 4.60. The number of benzene rings is 2. The van der Waals surface area contributed by atoms with E-state index in [1.807, 2.05) is 0 Å². The fourth-order valence-corrected chi connectivity index (χ4v) is 3.10. The van der Waals surface area contributed by atoms with Gasteiger partial charge >= 0.3 is 0 Å². The molecule has 3 rings (SSSR count). The molecule has 1 aliphatic heterocycles. The number of rotatable bonds is 4. The predicted octanol–water partition coefficient (Wildman–Crippen LogP) is 4.37. The summed E-state index contributed by atoms with van der Waals surface area (Å²) in [5.41, 5.74) is 5.48. The van der Waals surface area contributed by atoms with Crippen LogP contribution in [0.5, 0.6) is 0 Å². The van der Waals surface area contributed by atoms with Crippen LogP contribution in [0, 0.1) is 13.8 Å². The molecule has 0 aromatic heterocycles. The molecular formula is C20H24N2. The molecule has 1 unspecified atom stereocenters. The minimum absolute atomic E-state index is 0.291. The van der Waals surface area contributed by atoms with Gasteiger partial charge in [0.2, 0.25) is 0 Å². The van der Waals surface area contributed by atoms with E-state index in [4.69, 9.17) is 0 Å². The highest BCUT2D eigenvalue weighted by molar-refractivity contribution is 5.84. The molecule has 114 valence electrons. The van der Waals surface area contributed by atoms with E-state index in [0.717, 1.165) is 19.4 Å². The smallest absolute Gasteiger partial charge is 0.0968 e. The fraction of sp³-hybridized carbons (Fsp3) is 0.350. The molecule has 1 aliphatic rings. The second-order valence-corrected chi connectivity index (χ2v) is 6.11. The van der Waals surface area contributed by atoms with Gasteiger partial charge in [-0.2, -0.15) is 0 Å². The van der Waals surface area contributed by atoms with Crippen molar-refractivity contribution in [1.29, 1.82) is 0 Å². The molecule has 1 N–H and O–H groups in total. The lowest BCUT2D eigenvalue weighted by Gasteiger charge is -2.23. The van der Waals surface area contributed by atoms with E-state index in [0.29, 0.717) is 6.04 Å². The topological polar surface area (TPSA) is 24.4 Å². The Hall–Kier alpha value is -2.09. The Kier molecular flexibility index (Phi) is 4.57. The summed E-state index contributed by atoms with van der Waals surface area (Å²) in [6.07, 6.45) is 3.24. The average molecular weight is 292 g/mol. The second-order valence-electron chi connectivity index (χ2n) is 6.11. The van der Waals surface area contributed by atoms with Crippen LogP contribution in [0.15, 0.2) is 53.5 Å². The Morgan fingerprint density at radius 3 is 2.59 bits per heavy atom. The molecule has 0 bridgehead atoms. The molecule has 0 saturated heterocycles. The maximum Gasteiger partial charge on any atom is 0.0968 e. The van der Waals surface area contributed by atoms with Gasteiger partial charge in [0.05, 0.1) is 11.9 Å². The van der Waals surface area contributed by atoms with Crippen molar-refractivity contribution >= 4 is 5.84 Å². The zero-order valence-corrected chi connectivity index (χ0v) is 13.5. The molecule has 1 heterocycles. The quantitative estimate of drug-likeness (QED) is 0.889. The number of hydrogen-bond acceptors (Lipinski definition) is 2. The lowest BCUT2D eigenvalue weighted by atomic mass is 9.93. The summed E-state index contributed by atoms with van der Waals surface area (Å²) in [5, 5.41) is 3.70. The number of nitrogens with zero attached hydrogens (tertiary/aromatic N) is 1. The molecule has 1 atom stereocenters. The van der Waals surface area contributed by atoms with Crippen molar-refractivity contribution in [3.63, 3.8) is 0 Å². The van der Waals surface area contributed by atoms with E-state index in [1.54, 1.807) is 0 Å². The van der Waals surface area contributed by atoms with Gasteiger partial charge in [0.25, 0.3) is 0 Å². The Morgan fingerprint density at radius 1 is 1.05 bits per heavy atom. The van der Waals surface area contributed by atoms with Crippen LogP contribution in [0.1, 0.15) is 41.1 Å². The molecule has 0 spiro atoms. The van der Waals surface area contributed by atoms with Crippen LogP contribution in [0.25, 0.3) is 0 Å². The zero-order chi connectivity index (χ0) is 15.4. The monoisotopic (exact) mass is 292 g/mol. The highest BCUT2D eigenvalue weighted by Crippen LogP contribution is 2.24. The van der Waals surface area contributed by atoms with E-state index in [1.165, 1.54) is 34.5 Å². The summed E-state index contributed by atoms with van der Waals surface area (Å²) < 4.78 is 0. The fourth-order valence-electron chi connectivity index (χ4n) is 3.10. The van der Waals surface area contributed by atoms with Gasteiger partial charge in [-0.3, -0.25) is 4.99 Å². The summed E-state index contributed by atoms with van der Waals surface area (Å²) in [7, 11) is 0. The Labute approximate surface area is 133 Å². The first-order chi connectivity index (χ1) is 10.7. The molecule has 0 saturated carbocycles. The molecule has 22 heavy (non-hydrogen) atoms. The van der Waals surface area contributed by atoms with Crippen LogP contribution < -0.4 is 5.32 Å². The van der Waals surface area contributed by atoms with Crippen molar-refractivity contribution < 1.29 is 0 Å². The normalized spacial score (nSPS) is 15.5. The number of hydrogen-bond donors (Lipinski definition) is 1. The van der Waals surface area contributed by atoms with Crippen molar-refractivity contribution in [2.75, 3.05) is 6.54 Å². The Bertz CT molecular complexity index is 659. The third-order valence-corrected chi connectivity index (χ3v) is 4.52. The van der Waals surface area contributed by atoms with Crippen LogP contribution in [0.4, 0.5) is 0 Å². The molecule has 0 aliphatic carbocycles. The molecule has 0 fully saturated rings. The highest BCUT2D eigenvalue weighted by atomic mass is 15.0. The van der Waals surface area contributed by atoms with Crippen molar-refractivity contribution in [1.82, 2.24) is 5.32 Å². The average Bonchev–Trinajstić information content (AvgIpc) is 3.03. The summed E-state index contributed by atoms with van der Waals surface area (Å²) >= 11 is 0. The first-order valence-electron chi connectivity index (χ1n) is 8.14. The van der Waals surface area contributed by atoms with Gasteiger partial charge < -0.3 is 5.32 Å². The second kappa shape index (κ2) is 6.78. The van der Waals surface area contributed by atoms with E-state index in [-0.39, 0.29) is 0 Å². The van der Waals surface area contributed by atoms with E-state index >= 15 is 0 Å². The van der Waals surface area contributed by atoms with Gasteiger partial charge in [-0.05, 0) is 48.9 Å². The van der Waals surface area contributed by atoms with Crippen molar-refractivity contribution in [2.45, 2.75) is 39.2 Å². The number of nitrogens with one attached hydrogen (secondary N) is 1. The third kappa shape index (κ3) is 3.38. The van der Waals surface area contributed by atoms with Crippen LogP contribution in [0.3, 0.4) is 0 Å². The number of aliphatic imine (C=N–C) groups is 1. The maximum atomic E-state index is 4.60. The van der Waals surface area contributed by atoms with Crippen LogP contribution in [0.2, 0.25) is 0 Å². The maximum absolute atomic E-state index is 4.60. The van der Waals surface area contributed by atoms with Gasteiger partial charge in [0, 0.05) is 13.0 Å². The summed E-state index contributed by atoms with van der Waals surface area (Å²) in [6, 6.07) is 17.6. The number of aryl methyl sites for hydroxylation is 1. The van der Waals surface area contributed by atoms with Gasteiger partial charge in [-0.15, -0.1) is 0 Å². The Balaban J connectivity index is 1.89. The lowest BCUT2D eigenvalue weighted by Crippen LogP contribution is -2.29. The summed E-state index contributed by atoms with van der Waals surface area (Å²) in [6.45, 7) is 5.37. The Morgan fingerprint density at radius 2 is 1.86 bits per heavy atom. The molecule has 0 amide bonds. The highest BCUT2D eigenvalue weighted by Gasteiger charge is 2.18. The first kappa shape index (κ1) is 14.8. The minimum Gasteiger partial charge on any atom is -0.367 e. The van der Waals surface area contributed by atoms with Crippen molar-refractivity contribution in [3.8, 4) is 0 Å². The van der Waals surface area contributed by atoms with Gasteiger partial charge in [-0.1, -0.05) is 48.5 Å². The van der Waals surface area contributed by atoms with Crippen molar-refractivity contribution in [2.24, 2.45) is 4.99 Å². The minimum atomic E-state index is 0.291. The van der Waals surface area contributed by atoms with E-state index < -0.39 is 0 Å². The van der Waals surface area contributed by atoms with Crippen molar-refractivity contribution in [3.05, 3.63) is 70.8 Å². The van der Waals surface area contributed by atoms with Crippen LogP contribution >= 0.6 is 0 Å². The molecule has 2 nitrogen and oxygen atoms in total. The van der Waals surface area contributed by atoms with E-state index in [2.05, 4.69) is 72.7 Å². The van der Waals surface area contributed by atoms with Crippen LogP contribution in [-0.4, -0.2) is 12.4 Å². The van der Waals surface area contributed by atoms with Crippen LogP contribution in [-0.2, 0) is 6.42 Å². The predicted molar refractivity (Wildman–Crippen MR) is 93.5 cm³/mol. The third-order valence-electron chi connectivity index (χ3n) is 4.52. The molecular weight excluding hydrogens is 268 g/mol. The van der Waals surface area contributed by atoms with E-state index in [9.17, 15) is 0 Å². The zero-order valence-electron chi connectivity index (χ0n) is 13.5. The summed E-state index contributed by atoms with van der Waals surface area (Å²) in [5.74, 6) is 1.17. The molecule has 0 radical (unpaired) electrons. The van der Waals surface area contributed by atoms with Gasteiger partial charge in [0.15, 0.2) is 0 Å². The molecule has 2 aromatic carbocycles. The largest absolute Gasteiger partial charge is 0.367 e. The number of amidine groups is 1. The standard InChI is InChI=1S/C20H24N2/c1-15-8-6-11-18(16(15)2)19(22-20-12-7-13-21-20)14-17-9-4-3-5-10-17/h3-6,8-11,19H,7,12-14H2,1-2H3,(H,21,22).